The predicted octanol–water partition coefficient (Wildman–Crippen LogP) is 3.90. The fourth-order valence-corrected chi connectivity index (χ4v) is 5.82. The predicted molar refractivity (Wildman–Crippen MR) is 128 cm³/mol. The van der Waals surface area contributed by atoms with Gasteiger partial charge in [0.05, 0.1) is 11.0 Å². The second kappa shape index (κ2) is 8.89. The zero-order valence-electron chi connectivity index (χ0n) is 17.8. The minimum atomic E-state index is -0.988. The summed E-state index contributed by atoms with van der Waals surface area (Å²) < 4.78 is 6.63. The number of hydrogen-bond acceptors (Lipinski definition) is 5. The molecule has 2 fully saturated rings. The molecule has 3 unspecified atom stereocenters. The number of carbonyl (C=O) groups is 3. The lowest BCUT2D eigenvalue weighted by molar-refractivity contribution is -0.131. The average molecular weight is 483 g/mol. The van der Waals surface area contributed by atoms with Crippen LogP contribution in [0, 0.1) is 0 Å². The van der Waals surface area contributed by atoms with Crippen molar-refractivity contribution in [2.45, 2.75) is 43.4 Å². The summed E-state index contributed by atoms with van der Waals surface area (Å²) in [5.74, 6) is -0.802. The molecule has 170 valence electrons. The number of thiophene rings is 1. The SMILES string of the molecule is O=C(NC(Cc1ccc(Cl)cc1)C(=O)NC12CCCC1OCC2=O)c1cc2ccccc2s1. The number of amides is 2. The van der Waals surface area contributed by atoms with E-state index in [2.05, 4.69) is 10.6 Å². The Kier molecular flexibility index (Phi) is 5.95. The lowest BCUT2D eigenvalue weighted by Gasteiger charge is -2.30. The van der Waals surface area contributed by atoms with Crippen LogP contribution in [-0.2, 0) is 20.7 Å². The number of Topliss-reactive ketones (excluding diaryl/α,β-unsaturated/α-hetero) is 1. The molecule has 0 bridgehead atoms. The zero-order valence-corrected chi connectivity index (χ0v) is 19.4. The van der Waals surface area contributed by atoms with Gasteiger partial charge >= 0.3 is 0 Å². The number of hydrogen-bond donors (Lipinski definition) is 2. The Hall–Kier alpha value is -2.74. The largest absolute Gasteiger partial charge is 0.367 e. The first-order chi connectivity index (χ1) is 15.9. The van der Waals surface area contributed by atoms with Gasteiger partial charge in [0.25, 0.3) is 5.91 Å². The van der Waals surface area contributed by atoms with Gasteiger partial charge in [-0.25, -0.2) is 0 Å². The van der Waals surface area contributed by atoms with Crippen LogP contribution in [0.25, 0.3) is 10.1 Å². The van der Waals surface area contributed by atoms with Gasteiger partial charge < -0.3 is 15.4 Å². The number of rotatable bonds is 6. The third kappa shape index (κ3) is 4.28. The van der Waals surface area contributed by atoms with E-state index in [0.29, 0.717) is 16.3 Å². The van der Waals surface area contributed by atoms with Gasteiger partial charge in [-0.15, -0.1) is 11.3 Å². The van der Waals surface area contributed by atoms with E-state index in [9.17, 15) is 14.4 Å². The number of halogens is 1. The highest BCUT2D eigenvalue weighted by molar-refractivity contribution is 7.20. The van der Waals surface area contributed by atoms with Crippen molar-refractivity contribution in [1.82, 2.24) is 10.6 Å². The van der Waals surface area contributed by atoms with Crippen molar-refractivity contribution in [3.05, 3.63) is 70.1 Å². The molecule has 33 heavy (non-hydrogen) atoms. The first-order valence-corrected chi connectivity index (χ1v) is 12.1. The molecule has 0 spiro atoms. The molecule has 8 heteroatoms. The molecular formula is C25H23ClN2O4S. The zero-order chi connectivity index (χ0) is 23.0. The second-order valence-corrected chi connectivity index (χ2v) is 10.1. The molecule has 2 heterocycles. The maximum absolute atomic E-state index is 13.4. The summed E-state index contributed by atoms with van der Waals surface area (Å²) in [4.78, 5) is 39.7. The molecule has 2 aromatic carbocycles. The fourth-order valence-electron chi connectivity index (χ4n) is 4.73. The van der Waals surface area contributed by atoms with Crippen molar-refractivity contribution in [2.75, 3.05) is 6.61 Å². The Morgan fingerprint density at radius 3 is 2.76 bits per heavy atom. The van der Waals surface area contributed by atoms with Crippen molar-refractivity contribution in [3.8, 4) is 0 Å². The van der Waals surface area contributed by atoms with E-state index in [-0.39, 0.29) is 36.7 Å². The summed E-state index contributed by atoms with van der Waals surface area (Å²) in [6, 6.07) is 15.9. The standard InChI is InChI=1S/C25H23ClN2O4S/c26-17-9-7-15(8-10-17)12-18(23(30)28-25-11-3-6-22(25)32-14-21(25)29)27-24(31)20-13-16-4-1-2-5-19(16)33-20/h1-2,4-5,7-10,13,18,22H,3,6,11-12,14H2,(H,27,31)(H,28,30). The third-order valence-corrected chi connectivity index (χ3v) is 7.84. The molecule has 1 saturated heterocycles. The minimum absolute atomic E-state index is 0.0148. The summed E-state index contributed by atoms with van der Waals surface area (Å²) in [6.45, 7) is 0.0148. The van der Waals surface area contributed by atoms with Crippen LogP contribution in [0.5, 0.6) is 0 Å². The second-order valence-electron chi connectivity index (χ2n) is 8.58. The monoisotopic (exact) mass is 482 g/mol. The van der Waals surface area contributed by atoms with E-state index >= 15 is 0 Å². The summed E-state index contributed by atoms with van der Waals surface area (Å²) in [5.41, 5.74) is -0.136. The number of ether oxygens (including phenoxy) is 1. The summed E-state index contributed by atoms with van der Waals surface area (Å²) in [5, 5.41) is 7.44. The van der Waals surface area contributed by atoms with E-state index in [1.165, 1.54) is 11.3 Å². The van der Waals surface area contributed by atoms with E-state index in [4.69, 9.17) is 16.3 Å². The molecule has 1 aromatic heterocycles. The number of carbonyl (C=O) groups excluding carboxylic acids is 3. The van der Waals surface area contributed by atoms with Gasteiger partial charge in [-0.05, 0) is 54.5 Å². The molecule has 3 atom stereocenters. The Labute approximate surface area is 200 Å². The summed E-state index contributed by atoms with van der Waals surface area (Å²) in [7, 11) is 0. The highest BCUT2D eigenvalue weighted by atomic mass is 35.5. The smallest absolute Gasteiger partial charge is 0.262 e. The Bertz CT molecular complexity index is 1190. The molecule has 1 saturated carbocycles. The highest BCUT2D eigenvalue weighted by Crippen LogP contribution is 2.38. The van der Waals surface area contributed by atoms with Crippen LogP contribution in [0.4, 0.5) is 0 Å². The van der Waals surface area contributed by atoms with Crippen molar-refractivity contribution in [2.24, 2.45) is 0 Å². The van der Waals surface area contributed by atoms with E-state index in [1.807, 2.05) is 42.5 Å². The van der Waals surface area contributed by atoms with Crippen molar-refractivity contribution < 1.29 is 19.1 Å². The molecule has 6 nitrogen and oxygen atoms in total. The van der Waals surface area contributed by atoms with E-state index in [1.54, 1.807) is 12.1 Å². The van der Waals surface area contributed by atoms with Crippen LogP contribution in [-0.4, -0.2) is 41.9 Å². The molecule has 1 aliphatic carbocycles. The third-order valence-electron chi connectivity index (χ3n) is 6.47. The van der Waals surface area contributed by atoms with Crippen LogP contribution in [0.15, 0.2) is 54.6 Å². The van der Waals surface area contributed by atoms with Crippen LogP contribution in [0.1, 0.15) is 34.5 Å². The van der Waals surface area contributed by atoms with Crippen LogP contribution in [0.3, 0.4) is 0 Å². The van der Waals surface area contributed by atoms with Crippen LogP contribution in [0.2, 0.25) is 5.02 Å². The van der Waals surface area contributed by atoms with E-state index < -0.39 is 11.6 Å². The number of nitrogens with one attached hydrogen (secondary N) is 2. The number of ketones is 1. The topological polar surface area (TPSA) is 84.5 Å². The Morgan fingerprint density at radius 1 is 1.18 bits per heavy atom. The molecule has 5 rings (SSSR count). The van der Waals surface area contributed by atoms with Crippen molar-refractivity contribution in [1.29, 1.82) is 0 Å². The molecule has 1 aliphatic heterocycles. The average Bonchev–Trinajstić information content (AvgIpc) is 3.49. The van der Waals surface area contributed by atoms with Crippen molar-refractivity contribution in [3.63, 3.8) is 0 Å². The van der Waals surface area contributed by atoms with Gasteiger partial charge in [0.2, 0.25) is 5.91 Å². The number of fused-ring (bicyclic) bond motifs is 2. The van der Waals surface area contributed by atoms with Gasteiger partial charge in [-0.1, -0.05) is 41.9 Å². The van der Waals surface area contributed by atoms with Crippen LogP contribution >= 0.6 is 22.9 Å². The Morgan fingerprint density at radius 2 is 1.97 bits per heavy atom. The first kappa shape index (κ1) is 22.1. The van der Waals surface area contributed by atoms with Crippen molar-refractivity contribution >= 4 is 50.6 Å². The van der Waals surface area contributed by atoms with Crippen LogP contribution < -0.4 is 10.6 Å². The molecule has 2 N–H and O–H groups in total. The summed E-state index contributed by atoms with van der Waals surface area (Å²) in [6.07, 6.45) is 2.08. The normalized spacial score (nSPS) is 22.8. The fraction of sp³-hybridized carbons (Fsp3) is 0.320. The van der Waals surface area contributed by atoms with Gasteiger partial charge in [0.1, 0.15) is 18.2 Å². The lowest BCUT2D eigenvalue weighted by atomic mass is 9.91. The first-order valence-electron chi connectivity index (χ1n) is 11.0. The van der Waals surface area contributed by atoms with Gasteiger partial charge in [0.15, 0.2) is 5.78 Å². The number of benzene rings is 2. The van der Waals surface area contributed by atoms with E-state index in [0.717, 1.165) is 28.5 Å². The molecule has 2 aliphatic rings. The van der Waals surface area contributed by atoms with Gasteiger partial charge in [0, 0.05) is 16.1 Å². The summed E-state index contributed by atoms with van der Waals surface area (Å²) >= 11 is 7.38. The maximum atomic E-state index is 13.4. The quantitative estimate of drug-likeness (QED) is 0.558. The molecule has 2 amide bonds. The molecular weight excluding hydrogens is 460 g/mol. The maximum Gasteiger partial charge on any atom is 0.262 e. The highest BCUT2D eigenvalue weighted by Gasteiger charge is 2.55. The molecule has 3 aromatic rings. The van der Waals surface area contributed by atoms with Gasteiger partial charge in [-0.3, -0.25) is 14.4 Å². The molecule has 0 radical (unpaired) electrons. The Balaban J connectivity index is 1.39. The minimum Gasteiger partial charge on any atom is -0.367 e. The lowest BCUT2D eigenvalue weighted by Crippen LogP contribution is -2.60. The van der Waals surface area contributed by atoms with Gasteiger partial charge in [-0.2, -0.15) is 0 Å².